The molecule has 2 N–H and O–H groups in total. The van der Waals surface area contributed by atoms with Crippen molar-refractivity contribution in [3.8, 4) is 10.6 Å². The molecule has 2 amide bonds. The Hall–Kier alpha value is -4.36. The molecule has 0 spiro atoms. The lowest BCUT2D eigenvalue weighted by Gasteiger charge is -2.18. The van der Waals surface area contributed by atoms with Crippen molar-refractivity contribution in [2.24, 2.45) is 0 Å². The van der Waals surface area contributed by atoms with Crippen molar-refractivity contribution in [3.63, 3.8) is 0 Å². The summed E-state index contributed by atoms with van der Waals surface area (Å²) in [6, 6.07) is 31.8. The Morgan fingerprint density at radius 3 is 2.23 bits per heavy atom. The molecule has 0 radical (unpaired) electrons. The molecule has 7 heteroatoms. The standard InChI is InChI=1S/C28H22N4O2S/c33-25(23-16-15-20-11-7-8-14-22(20)18-23)29-24(17-19-9-3-1-4-10-19)26(34)30-28-32-31-27(35-28)21-12-5-2-6-13-21/h1-16,18,24H,17H2,(H,29,33)(H,30,32,34). The summed E-state index contributed by atoms with van der Waals surface area (Å²) in [4.78, 5) is 26.4. The molecule has 5 rings (SSSR count). The van der Waals surface area contributed by atoms with E-state index in [4.69, 9.17) is 0 Å². The average Bonchev–Trinajstić information content (AvgIpc) is 3.37. The second-order valence-electron chi connectivity index (χ2n) is 8.05. The summed E-state index contributed by atoms with van der Waals surface area (Å²) < 4.78 is 0. The fourth-order valence-electron chi connectivity index (χ4n) is 3.79. The van der Waals surface area contributed by atoms with Crippen molar-refractivity contribution >= 4 is 39.1 Å². The maximum Gasteiger partial charge on any atom is 0.251 e. The third-order valence-corrected chi connectivity index (χ3v) is 6.48. The van der Waals surface area contributed by atoms with Crippen LogP contribution in [0.4, 0.5) is 5.13 Å². The van der Waals surface area contributed by atoms with E-state index in [1.165, 1.54) is 11.3 Å². The Morgan fingerprint density at radius 1 is 0.771 bits per heavy atom. The number of carbonyl (C=O) groups is 2. The average molecular weight is 479 g/mol. The van der Waals surface area contributed by atoms with Gasteiger partial charge in [0.25, 0.3) is 5.91 Å². The molecule has 0 aliphatic heterocycles. The van der Waals surface area contributed by atoms with Gasteiger partial charge in [0.15, 0.2) is 0 Å². The topological polar surface area (TPSA) is 84.0 Å². The molecule has 6 nitrogen and oxygen atoms in total. The highest BCUT2D eigenvalue weighted by atomic mass is 32.1. The first kappa shape index (κ1) is 22.4. The minimum atomic E-state index is -0.791. The maximum atomic E-state index is 13.3. The van der Waals surface area contributed by atoms with Crippen LogP contribution >= 0.6 is 11.3 Å². The number of nitrogens with one attached hydrogen (secondary N) is 2. The molecule has 0 saturated heterocycles. The van der Waals surface area contributed by atoms with Crippen LogP contribution < -0.4 is 10.6 Å². The first-order chi connectivity index (χ1) is 17.2. The van der Waals surface area contributed by atoms with Crippen LogP contribution in [0.15, 0.2) is 103 Å². The van der Waals surface area contributed by atoms with Crippen molar-refractivity contribution in [1.29, 1.82) is 0 Å². The molecule has 1 aromatic heterocycles. The fraction of sp³-hybridized carbons (Fsp3) is 0.0714. The lowest BCUT2D eigenvalue weighted by Crippen LogP contribution is -2.45. The number of anilines is 1. The van der Waals surface area contributed by atoms with Gasteiger partial charge in [-0.25, -0.2) is 0 Å². The van der Waals surface area contributed by atoms with Crippen molar-refractivity contribution in [2.75, 3.05) is 5.32 Å². The summed E-state index contributed by atoms with van der Waals surface area (Å²) in [6.07, 6.45) is 0.344. The zero-order valence-corrected chi connectivity index (χ0v) is 19.5. The van der Waals surface area contributed by atoms with Gasteiger partial charge in [-0.2, -0.15) is 0 Å². The van der Waals surface area contributed by atoms with Gasteiger partial charge in [0.2, 0.25) is 11.0 Å². The Bertz CT molecular complexity index is 1470. The molecule has 172 valence electrons. The number of hydrogen-bond donors (Lipinski definition) is 2. The molecule has 1 heterocycles. The van der Waals surface area contributed by atoms with Gasteiger partial charge in [0, 0.05) is 17.5 Å². The predicted molar refractivity (Wildman–Crippen MR) is 139 cm³/mol. The Morgan fingerprint density at radius 2 is 1.46 bits per heavy atom. The number of aromatic nitrogens is 2. The lowest BCUT2D eigenvalue weighted by atomic mass is 10.0. The number of benzene rings is 4. The molecular weight excluding hydrogens is 456 g/mol. The zero-order valence-electron chi connectivity index (χ0n) is 18.7. The number of fused-ring (bicyclic) bond motifs is 1. The SMILES string of the molecule is O=C(NC(Cc1ccccc1)C(=O)Nc1nnc(-c2ccccc2)s1)c1ccc2ccccc2c1. The number of hydrogen-bond acceptors (Lipinski definition) is 5. The van der Waals surface area contributed by atoms with E-state index in [0.29, 0.717) is 22.1 Å². The van der Waals surface area contributed by atoms with Crippen LogP contribution in [0.25, 0.3) is 21.3 Å². The van der Waals surface area contributed by atoms with Crippen molar-refractivity contribution in [2.45, 2.75) is 12.5 Å². The van der Waals surface area contributed by atoms with E-state index in [9.17, 15) is 9.59 Å². The van der Waals surface area contributed by atoms with E-state index < -0.39 is 6.04 Å². The number of amides is 2. The van der Waals surface area contributed by atoms with E-state index in [-0.39, 0.29) is 11.8 Å². The first-order valence-electron chi connectivity index (χ1n) is 11.2. The predicted octanol–water partition coefficient (Wildman–Crippen LogP) is 5.34. The Kier molecular flexibility index (Phi) is 6.59. The highest BCUT2D eigenvalue weighted by molar-refractivity contribution is 7.18. The summed E-state index contributed by atoms with van der Waals surface area (Å²) in [5.41, 5.74) is 2.36. The van der Waals surface area contributed by atoms with E-state index in [1.54, 1.807) is 6.07 Å². The highest BCUT2D eigenvalue weighted by Gasteiger charge is 2.23. The number of nitrogens with zero attached hydrogens (tertiary/aromatic N) is 2. The van der Waals surface area contributed by atoms with Gasteiger partial charge in [-0.1, -0.05) is 102 Å². The molecular formula is C28H22N4O2S. The Labute approximate surface area is 206 Å². The fourth-order valence-corrected chi connectivity index (χ4v) is 4.55. The molecule has 4 aromatic carbocycles. The van der Waals surface area contributed by atoms with E-state index >= 15 is 0 Å². The monoisotopic (exact) mass is 478 g/mol. The van der Waals surface area contributed by atoms with Crippen LogP contribution in [0.2, 0.25) is 0 Å². The number of rotatable bonds is 7. The molecule has 0 aliphatic carbocycles. The van der Waals surface area contributed by atoms with Crippen molar-refractivity contribution < 1.29 is 9.59 Å². The molecule has 0 saturated carbocycles. The van der Waals surface area contributed by atoms with Crippen LogP contribution in [0.5, 0.6) is 0 Å². The van der Waals surface area contributed by atoms with Gasteiger partial charge < -0.3 is 5.32 Å². The number of carbonyl (C=O) groups excluding carboxylic acids is 2. The van der Waals surface area contributed by atoms with E-state index in [0.717, 1.165) is 21.9 Å². The molecule has 1 atom stereocenters. The van der Waals surface area contributed by atoms with Crippen LogP contribution in [0, 0.1) is 0 Å². The molecule has 35 heavy (non-hydrogen) atoms. The minimum Gasteiger partial charge on any atom is -0.340 e. The van der Waals surface area contributed by atoms with E-state index in [1.807, 2.05) is 97.1 Å². The minimum absolute atomic E-state index is 0.311. The molecule has 0 aliphatic rings. The molecule has 1 unspecified atom stereocenters. The smallest absolute Gasteiger partial charge is 0.251 e. The van der Waals surface area contributed by atoms with Gasteiger partial charge in [0.05, 0.1) is 0 Å². The first-order valence-corrected chi connectivity index (χ1v) is 12.0. The summed E-state index contributed by atoms with van der Waals surface area (Å²) in [7, 11) is 0. The van der Waals surface area contributed by atoms with Crippen LogP contribution in [0.3, 0.4) is 0 Å². The van der Waals surface area contributed by atoms with Gasteiger partial charge in [0.1, 0.15) is 11.0 Å². The van der Waals surface area contributed by atoms with Crippen LogP contribution in [-0.4, -0.2) is 28.1 Å². The zero-order chi connectivity index (χ0) is 24.0. The molecule has 0 fully saturated rings. The summed E-state index contributed by atoms with van der Waals surface area (Å²) in [6.45, 7) is 0. The third kappa shape index (κ3) is 5.42. The summed E-state index contributed by atoms with van der Waals surface area (Å²) in [5, 5.41) is 17.1. The van der Waals surface area contributed by atoms with Gasteiger partial charge in [-0.05, 0) is 28.5 Å². The summed E-state index contributed by atoms with van der Waals surface area (Å²) >= 11 is 1.29. The lowest BCUT2D eigenvalue weighted by molar-refractivity contribution is -0.118. The molecule has 5 aromatic rings. The van der Waals surface area contributed by atoms with E-state index in [2.05, 4.69) is 20.8 Å². The largest absolute Gasteiger partial charge is 0.340 e. The van der Waals surface area contributed by atoms with Crippen LogP contribution in [-0.2, 0) is 11.2 Å². The van der Waals surface area contributed by atoms with Crippen molar-refractivity contribution in [3.05, 3.63) is 114 Å². The quantitative estimate of drug-likeness (QED) is 0.331. The summed E-state index contributed by atoms with van der Waals surface area (Å²) in [5.74, 6) is -0.659. The Balaban J connectivity index is 1.35. The van der Waals surface area contributed by atoms with Gasteiger partial charge >= 0.3 is 0 Å². The normalized spacial score (nSPS) is 11.7. The second kappa shape index (κ2) is 10.3. The maximum absolute atomic E-state index is 13.3. The van der Waals surface area contributed by atoms with Crippen LogP contribution in [0.1, 0.15) is 15.9 Å². The van der Waals surface area contributed by atoms with Gasteiger partial charge in [-0.15, -0.1) is 10.2 Å². The highest BCUT2D eigenvalue weighted by Crippen LogP contribution is 2.26. The van der Waals surface area contributed by atoms with Crippen molar-refractivity contribution in [1.82, 2.24) is 15.5 Å². The van der Waals surface area contributed by atoms with Gasteiger partial charge in [-0.3, -0.25) is 14.9 Å². The second-order valence-corrected chi connectivity index (χ2v) is 9.02. The molecule has 0 bridgehead atoms. The third-order valence-electron chi connectivity index (χ3n) is 5.59.